The zero-order valence-corrected chi connectivity index (χ0v) is 14.1. The fourth-order valence-corrected chi connectivity index (χ4v) is 3.14. The number of hydrogen-bond donors (Lipinski definition) is 1. The van der Waals surface area contributed by atoms with Crippen LogP contribution in [-0.4, -0.2) is 6.54 Å². The average molecular weight is 367 g/mol. The summed E-state index contributed by atoms with van der Waals surface area (Å²) in [5.74, 6) is -0.320. The first kappa shape index (κ1) is 16.9. The summed E-state index contributed by atoms with van der Waals surface area (Å²) in [6, 6.07) is 5.99. The van der Waals surface area contributed by atoms with Crippen molar-refractivity contribution in [3.8, 4) is 11.1 Å². The molecule has 0 bridgehead atoms. The van der Waals surface area contributed by atoms with Gasteiger partial charge in [0.15, 0.2) is 0 Å². The van der Waals surface area contributed by atoms with Crippen LogP contribution < -0.4 is 5.32 Å². The van der Waals surface area contributed by atoms with Crippen molar-refractivity contribution in [2.24, 2.45) is 0 Å². The second-order valence-electron chi connectivity index (χ2n) is 4.42. The first-order valence-corrected chi connectivity index (χ1v) is 7.79. The van der Waals surface area contributed by atoms with Crippen LogP contribution >= 0.6 is 46.4 Å². The Balaban J connectivity index is 2.64. The molecule has 0 aliphatic rings. The van der Waals surface area contributed by atoms with E-state index in [1.165, 1.54) is 18.2 Å². The fourth-order valence-electron chi connectivity index (χ4n) is 2.03. The molecule has 1 nitrogen and oxygen atoms in total. The molecule has 0 saturated heterocycles. The zero-order valence-electron chi connectivity index (χ0n) is 11.1. The summed E-state index contributed by atoms with van der Waals surface area (Å²) in [6.45, 7) is 3.23. The third-order valence-electron chi connectivity index (χ3n) is 3.02. The maximum Gasteiger partial charge on any atom is 0.123 e. The number of nitrogens with one attached hydrogen (secondary N) is 1. The topological polar surface area (TPSA) is 12.0 Å². The SMILES string of the molecule is CCNCc1cc(F)ccc1-c1c(Cl)cc(Cl)c(Cl)c1Cl. The lowest BCUT2D eigenvalue weighted by Gasteiger charge is -2.15. The summed E-state index contributed by atoms with van der Waals surface area (Å²) in [7, 11) is 0. The highest BCUT2D eigenvalue weighted by Crippen LogP contribution is 2.44. The van der Waals surface area contributed by atoms with Crippen LogP contribution in [0.1, 0.15) is 12.5 Å². The van der Waals surface area contributed by atoms with Crippen LogP contribution in [0.4, 0.5) is 4.39 Å². The van der Waals surface area contributed by atoms with Crippen molar-refractivity contribution >= 4 is 46.4 Å². The maximum atomic E-state index is 13.5. The molecule has 2 aromatic carbocycles. The Labute approximate surface area is 143 Å². The van der Waals surface area contributed by atoms with Crippen molar-refractivity contribution < 1.29 is 4.39 Å². The quantitative estimate of drug-likeness (QED) is 0.500. The Morgan fingerprint density at radius 2 is 1.71 bits per heavy atom. The van der Waals surface area contributed by atoms with E-state index in [2.05, 4.69) is 5.32 Å². The molecule has 2 rings (SSSR count). The molecule has 0 atom stereocenters. The van der Waals surface area contributed by atoms with Crippen LogP contribution in [-0.2, 0) is 6.54 Å². The third-order valence-corrected chi connectivity index (χ3v) is 4.58. The molecule has 0 radical (unpaired) electrons. The molecule has 0 aromatic heterocycles. The Hall–Kier alpha value is -0.510. The van der Waals surface area contributed by atoms with Gasteiger partial charge < -0.3 is 5.32 Å². The van der Waals surface area contributed by atoms with E-state index in [1.54, 1.807) is 6.07 Å². The van der Waals surface area contributed by atoms with Crippen LogP contribution in [0, 0.1) is 5.82 Å². The lowest BCUT2D eigenvalue weighted by molar-refractivity contribution is 0.622. The van der Waals surface area contributed by atoms with Crippen molar-refractivity contribution in [2.45, 2.75) is 13.5 Å². The van der Waals surface area contributed by atoms with Gasteiger partial charge in [-0.3, -0.25) is 0 Å². The van der Waals surface area contributed by atoms with Gasteiger partial charge in [0.2, 0.25) is 0 Å². The van der Waals surface area contributed by atoms with Gasteiger partial charge in [0, 0.05) is 12.1 Å². The average Bonchev–Trinajstić information content (AvgIpc) is 2.44. The molecule has 112 valence electrons. The van der Waals surface area contributed by atoms with Crippen molar-refractivity contribution in [2.75, 3.05) is 6.54 Å². The van der Waals surface area contributed by atoms with E-state index < -0.39 is 0 Å². The van der Waals surface area contributed by atoms with Gasteiger partial charge in [-0.25, -0.2) is 4.39 Å². The fraction of sp³-hybridized carbons (Fsp3) is 0.200. The van der Waals surface area contributed by atoms with Crippen LogP contribution in [0.3, 0.4) is 0 Å². The molecule has 6 heteroatoms. The molecule has 1 N–H and O–H groups in total. The molecule has 0 amide bonds. The molecule has 0 heterocycles. The summed E-state index contributed by atoms with van der Waals surface area (Å²) in [6.07, 6.45) is 0. The normalized spacial score (nSPS) is 11.0. The Morgan fingerprint density at radius 3 is 2.38 bits per heavy atom. The largest absolute Gasteiger partial charge is 0.313 e. The van der Waals surface area contributed by atoms with Gasteiger partial charge in [-0.15, -0.1) is 0 Å². The van der Waals surface area contributed by atoms with Gasteiger partial charge in [0.05, 0.1) is 20.1 Å². The van der Waals surface area contributed by atoms with Gasteiger partial charge in [0.25, 0.3) is 0 Å². The number of benzene rings is 2. The Bertz CT molecular complexity index is 673. The van der Waals surface area contributed by atoms with Gasteiger partial charge in [-0.05, 0) is 35.9 Å². The predicted molar refractivity (Wildman–Crippen MR) is 89.3 cm³/mol. The Kier molecular flexibility index (Phi) is 5.75. The second kappa shape index (κ2) is 7.17. The summed E-state index contributed by atoms with van der Waals surface area (Å²) in [4.78, 5) is 0. The summed E-state index contributed by atoms with van der Waals surface area (Å²) in [5.41, 5.74) is 2.03. The van der Waals surface area contributed by atoms with Crippen LogP contribution in [0.15, 0.2) is 24.3 Å². The molecular weight excluding hydrogens is 355 g/mol. The van der Waals surface area contributed by atoms with E-state index in [0.717, 1.165) is 17.7 Å². The van der Waals surface area contributed by atoms with E-state index in [0.29, 0.717) is 17.1 Å². The molecule has 0 saturated carbocycles. The number of hydrogen-bond acceptors (Lipinski definition) is 1. The van der Waals surface area contributed by atoms with Crippen molar-refractivity contribution in [3.63, 3.8) is 0 Å². The molecular formula is C15H12Cl4FN. The molecule has 0 unspecified atom stereocenters. The Morgan fingerprint density at radius 1 is 1.00 bits per heavy atom. The number of halogens is 5. The monoisotopic (exact) mass is 365 g/mol. The highest BCUT2D eigenvalue weighted by molar-refractivity contribution is 6.51. The van der Waals surface area contributed by atoms with E-state index in [4.69, 9.17) is 46.4 Å². The molecule has 0 aliphatic carbocycles. The standard InChI is InChI=1S/C15H12Cl4FN/c1-2-21-7-8-5-9(20)3-4-10(8)13-11(16)6-12(17)14(18)15(13)19/h3-6,21H,2,7H2,1H3. The molecule has 21 heavy (non-hydrogen) atoms. The van der Waals surface area contributed by atoms with E-state index in [9.17, 15) is 4.39 Å². The first-order valence-electron chi connectivity index (χ1n) is 6.28. The zero-order chi connectivity index (χ0) is 15.6. The van der Waals surface area contributed by atoms with Crippen molar-refractivity contribution in [1.82, 2.24) is 5.32 Å². The lowest BCUT2D eigenvalue weighted by Crippen LogP contribution is -2.12. The molecule has 2 aromatic rings. The minimum atomic E-state index is -0.320. The minimum absolute atomic E-state index is 0.233. The van der Waals surface area contributed by atoms with E-state index >= 15 is 0 Å². The van der Waals surface area contributed by atoms with Crippen LogP contribution in [0.5, 0.6) is 0 Å². The highest BCUT2D eigenvalue weighted by atomic mass is 35.5. The van der Waals surface area contributed by atoms with Gasteiger partial charge in [-0.2, -0.15) is 0 Å². The third kappa shape index (κ3) is 3.64. The lowest BCUT2D eigenvalue weighted by atomic mass is 9.99. The minimum Gasteiger partial charge on any atom is -0.313 e. The van der Waals surface area contributed by atoms with Gasteiger partial charge in [0.1, 0.15) is 5.82 Å². The highest BCUT2D eigenvalue weighted by Gasteiger charge is 2.18. The van der Waals surface area contributed by atoms with E-state index in [-0.39, 0.29) is 20.9 Å². The first-order chi connectivity index (χ1) is 9.95. The molecule has 0 spiro atoms. The smallest absolute Gasteiger partial charge is 0.123 e. The molecule has 0 aliphatic heterocycles. The number of rotatable bonds is 4. The van der Waals surface area contributed by atoms with Gasteiger partial charge in [-0.1, -0.05) is 59.4 Å². The summed E-state index contributed by atoms with van der Waals surface area (Å²) in [5, 5.41) is 4.31. The van der Waals surface area contributed by atoms with Gasteiger partial charge >= 0.3 is 0 Å². The van der Waals surface area contributed by atoms with Crippen molar-refractivity contribution in [1.29, 1.82) is 0 Å². The van der Waals surface area contributed by atoms with E-state index in [1.807, 2.05) is 6.92 Å². The van der Waals surface area contributed by atoms with Crippen molar-refractivity contribution in [3.05, 3.63) is 55.7 Å². The van der Waals surface area contributed by atoms with Crippen LogP contribution in [0.25, 0.3) is 11.1 Å². The summed E-state index contributed by atoms with van der Waals surface area (Å²) >= 11 is 24.5. The predicted octanol–water partition coefficient (Wildman–Crippen LogP) is 6.22. The summed E-state index contributed by atoms with van der Waals surface area (Å²) < 4.78 is 13.5. The second-order valence-corrected chi connectivity index (χ2v) is 6.00. The van der Waals surface area contributed by atoms with Crippen LogP contribution in [0.2, 0.25) is 20.1 Å². The maximum absolute atomic E-state index is 13.5. The molecule has 0 fully saturated rings.